The van der Waals surface area contributed by atoms with Crippen LogP contribution in [0.5, 0.6) is 17.2 Å². The average molecular weight is 512 g/mol. The number of carbonyl (C=O) groups excluding carboxylic acids is 2. The summed E-state index contributed by atoms with van der Waals surface area (Å²) in [7, 11) is 3.14. The zero-order valence-corrected chi connectivity index (χ0v) is 22.1. The minimum atomic E-state index is -0.785. The van der Waals surface area contributed by atoms with Gasteiger partial charge in [0.15, 0.2) is 11.5 Å². The summed E-state index contributed by atoms with van der Waals surface area (Å²) in [4.78, 5) is 27.8. The van der Waals surface area contributed by atoms with E-state index in [4.69, 9.17) is 18.9 Å². The Morgan fingerprint density at radius 2 is 1.68 bits per heavy atom. The lowest BCUT2D eigenvalue weighted by Crippen LogP contribution is -2.31. The Bertz CT molecular complexity index is 1090. The van der Waals surface area contributed by atoms with Gasteiger partial charge in [0.1, 0.15) is 11.5 Å². The maximum atomic E-state index is 13.2. The molecule has 1 fully saturated rings. The molecule has 200 valence electrons. The van der Waals surface area contributed by atoms with Crippen molar-refractivity contribution in [1.29, 1.82) is 0 Å². The molecule has 8 heteroatoms. The number of hydrogen-bond donors (Lipinski definition) is 1. The highest BCUT2D eigenvalue weighted by Gasteiger charge is 2.46. The number of amides is 1. The topological polar surface area (TPSA) is 94.5 Å². The molecule has 1 saturated heterocycles. The molecule has 0 spiro atoms. The van der Waals surface area contributed by atoms with Gasteiger partial charge in [-0.25, -0.2) is 0 Å². The van der Waals surface area contributed by atoms with Gasteiger partial charge in [-0.3, -0.25) is 9.59 Å². The standard InChI is InChI=1S/C29H37NO7/c1-5-7-8-18-37-23-15-12-21(19-24(23)36-6-2)26-25(27(31)20-10-13-22(35-4)14-11-20)28(32)29(33)30(26)16-9-17-34-3/h10-15,19,26,31H,5-9,16-18H2,1-4H3. The molecule has 1 heterocycles. The van der Waals surface area contributed by atoms with Crippen LogP contribution < -0.4 is 14.2 Å². The third kappa shape index (κ3) is 6.63. The van der Waals surface area contributed by atoms with Crippen LogP contribution in [0.1, 0.15) is 56.7 Å². The number of hydrogen-bond acceptors (Lipinski definition) is 7. The fourth-order valence-electron chi connectivity index (χ4n) is 4.36. The minimum Gasteiger partial charge on any atom is -0.507 e. The van der Waals surface area contributed by atoms with Crippen molar-refractivity contribution in [1.82, 2.24) is 4.90 Å². The molecule has 0 saturated carbocycles. The summed E-state index contributed by atoms with van der Waals surface area (Å²) < 4.78 is 22.2. The molecular weight excluding hydrogens is 474 g/mol. The fourth-order valence-corrected chi connectivity index (χ4v) is 4.36. The summed E-state index contributed by atoms with van der Waals surface area (Å²) in [6.45, 7) is 5.74. The molecule has 1 aliphatic rings. The third-order valence-corrected chi connectivity index (χ3v) is 6.24. The number of aliphatic hydroxyl groups is 1. The van der Waals surface area contributed by atoms with Crippen LogP contribution in [0.15, 0.2) is 48.0 Å². The van der Waals surface area contributed by atoms with Gasteiger partial charge in [-0.05, 0) is 61.7 Å². The van der Waals surface area contributed by atoms with Crippen LogP contribution in [0.3, 0.4) is 0 Å². The van der Waals surface area contributed by atoms with Gasteiger partial charge in [0.25, 0.3) is 11.7 Å². The van der Waals surface area contributed by atoms with Crippen LogP contribution in [0.4, 0.5) is 0 Å². The number of Topliss-reactive ketones (excluding diaryl/α,β-unsaturated/α-hetero) is 1. The maximum Gasteiger partial charge on any atom is 0.295 e. The molecule has 3 rings (SSSR count). The number of benzene rings is 2. The number of methoxy groups -OCH3 is 2. The van der Waals surface area contributed by atoms with E-state index in [9.17, 15) is 14.7 Å². The van der Waals surface area contributed by atoms with Gasteiger partial charge in [0.2, 0.25) is 0 Å². The van der Waals surface area contributed by atoms with Gasteiger partial charge >= 0.3 is 0 Å². The highest BCUT2D eigenvalue weighted by molar-refractivity contribution is 6.46. The van der Waals surface area contributed by atoms with E-state index in [1.54, 1.807) is 50.6 Å². The second-order valence-electron chi connectivity index (χ2n) is 8.76. The molecule has 1 amide bonds. The molecule has 1 unspecified atom stereocenters. The number of rotatable bonds is 14. The van der Waals surface area contributed by atoms with Gasteiger partial charge < -0.3 is 29.0 Å². The summed E-state index contributed by atoms with van der Waals surface area (Å²) in [6, 6.07) is 11.3. The van der Waals surface area contributed by atoms with Crippen LogP contribution in [0.2, 0.25) is 0 Å². The molecule has 1 N–H and O–H groups in total. The van der Waals surface area contributed by atoms with Crippen LogP contribution >= 0.6 is 0 Å². The first-order valence-corrected chi connectivity index (χ1v) is 12.8. The summed E-state index contributed by atoms with van der Waals surface area (Å²) in [5.41, 5.74) is 1.10. The summed E-state index contributed by atoms with van der Waals surface area (Å²) in [6.07, 6.45) is 3.64. The number of likely N-dealkylation sites (tertiary alicyclic amines) is 1. The molecule has 0 radical (unpaired) electrons. The van der Waals surface area contributed by atoms with E-state index >= 15 is 0 Å². The van der Waals surface area contributed by atoms with Crippen molar-refractivity contribution in [3.8, 4) is 17.2 Å². The molecule has 37 heavy (non-hydrogen) atoms. The summed E-state index contributed by atoms with van der Waals surface area (Å²) in [5, 5.41) is 11.2. The minimum absolute atomic E-state index is 0.0339. The summed E-state index contributed by atoms with van der Waals surface area (Å²) >= 11 is 0. The normalized spacial score (nSPS) is 16.8. The van der Waals surface area contributed by atoms with E-state index in [-0.39, 0.29) is 11.3 Å². The molecule has 2 aromatic rings. The molecule has 2 aromatic carbocycles. The van der Waals surface area contributed by atoms with E-state index in [1.807, 2.05) is 13.0 Å². The summed E-state index contributed by atoms with van der Waals surface area (Å²) in [5.74, 6) is 0.126. The number of carbonyl (C=O) groups is 2. The Labute approximate surface area is 218 Å². The smallest absolute Gasteiger partial charge is 0.295 e. The quantitative estimate of drug-likeness (QED) is 0.163. The van der Waals surface area contributed by atoms with Crippen LogP contribution in [0, 0.1) is 0 Å². The highest BCUT2D eigenvalue weighted by Crippen LogP contribution is 2.42. The molecule has 1 aliphatic heterocycles. The van der Waals surface area contributed by atoms with Crippen LogP contribution in [-0.2, 0) is 14.3 Å². The number of ether oxygens (including phenoxy) is 4. The first-order valence-electron chi connectivity index (χ1n) is 12.8. The van der Waals surface area contributed by atoms with Crippen molar-refractivity contribution < 1.29 is 33.6 Å². The van der Waals surface area contributed by atoms with E-state index in [1.165, 1.54) is 4.90 Å². The predicted octanol–water partition coefficient (Wildman–Crippen LogP) is 5.12. The number of aliphatic hydroxyl groups excluding tert-OH is 1. The molecule has 0 aromatic heterocycles. The Hall–Kier alpha value is -3.52. The Morgan fingerprint density at radius 3 is 2.32 bits per heavy atom. The van der Waals surface area contributed by atoms with Gasteiger partial charge in [-0.1, -0.05) is 25.8 Å². The van der Waals surface area contributed by atoms with Gasteiger partial charge in [-0.2, -0.15) is 0 Å². The highest BCUT2D eigenvalue weighted by atomic mass is 16.5. The Kier molecular flexibility index (Phi) is 10.4. The zero-order valence-electron chi connectivity index (χ0n) is 22.1. The van der Waals surface area contributed by atoms with Gasteiger partial charge in [0, 0.05) is 25.8 Å². The molecule has 1 atom stereocenters. The number of nitrogens with zero attached hydrogens (tertiary/aromatic N) is 1. The number of ketones is 1. The lowest BCUT2D eigenvalue weighted by atomic mass is 9.95. The lowest BCUT2D eigenvalue weighted by molar-refractivity contribution is -0.140. The average Bonchev–Trinajstić information content (AvgIpc) is 3.16. The van der Waals surface area contributed by atoms with Crippen LogP contribution in [-0.4, -0.2) is 62.3 Å². The van der Waals surface area contributed by atoms with Gasteiger partial charge in [-0.15, -0.1) is 0 Å². The van der Waals surface area contributed by atoms with Crippen molar-refractivity contribution in [3.05, 3.63) is 59.2 Å². The van der Waals surface area contributed by atoms with Crippen LogP contribution in [0.25, 0.3) is 5.76 Å². The second kappa shape index (κ2) is 13.7. The fraction of sp³-hybridized carbons (Fsp3) is 0.448. The Morgan fingerprint density at radius 1 is 0.919 bits per heavy atom. The molecule has 8 nitrogen and oxygen atoms in total. The van der Waals surface area contributed by atoms with Crippen molar-refractivity contribution in [2.45, 2.75) is 45.6 Å². The van der Waals surface area contributed by atoms with Gasteiger partial charge in [0.05, 0.1) is 31.9 Å². The largest absolute Gasteiger partial charge is 0.507 e. The maximum absolute atomic E-state index is 13.2. The SMILES string of the molecule is CCCCCOc1ccc(C2C(=C(O)c3ccc(OC)cc3)C(=O)C(=O)N2CCCOC)cc1OCC. The van der Waals surface area contributed by atoms with Crippen molar-refractivity contribution in [3.63, 3.8) is 0 Å². The second-order valence-corrected chi connectivity index (χ2v) is 8.76. The molecule has 0 aliphatic carbocycles. The van der Waals surface area contributed by atoms with E-state index in [0.29, 0.717) is 61.2 Å². The van der Waals surface area contributed by atoms with Crippen molar-refractivity contribution >= 4 is 17.4 Å². The van der Waals surface area contributed by atoms with Crippen molar-refractivity contribution in [2.24, 2.45) is 0 Å². The van der Waals surface area contributed by atoms with Crippen molar-refractivity contribution in [2.75, 3.05) is 40.6 Å². The monoisotopic (exact) mass is 511 g/mol. The lowest BCUT2D eigenvalue weighted by Gasteiger charge is -2.26. The first-order chi connectivity index (χ1) is 18.0. The Balaban J connectivity index is 2.06. The molecular formula is C29H37NO7. The third-order valence-electron chi connectivity index (χ3n) is 6.24. The van der Waals surface area contributed by atoms with E-state index in [0.717, 1.165) is 19.3 Å². The van der Waals surface area contributed by atoms with E-state index in [2.05, 4.69) is 6.92 Å². The molecule has 0 bridgehead atoms. The van der Waals surface area contributed by atoms with E-state index < -0.39 is 17.7 Å². The predicted molar refractivity (Wildman–Crippen MR) is 141 cm³/mol. The zero-order chi connectivity index (χ0) is 26.8. The first kappa shape index (κ1) is 28.1. The number of unbranched alkanes of at least 4 members (excludes halogenated alkanes) is 2.